The van der Waals surface area contributed by atoms with E-state index in [1.165, 1.54) is 12.1 Å². The van der Waals surface area contributed by atoms with Crippen molar-refractivity contribution in [3.63, 3.8) is 0 Å². The number of hydrazone groups is 1. The highest BCUT2D eigenvalue weighted by molar-refractivity contribution is 6.39. The van der Waals surface area contributed by atoms with Crippen molar-refractivity contribution in [2.45, 2.75) is 19.3 Å². The van der Waals surface area contributed by atoms with Gasteiger partial charge in [0.15, 0.2) is 0 Å². The number of hydrogen-bond donors (Lipinski definition) is 2. The molecule has 1 aliphatic heterocycles. The van der Waals surface area contributed by atoms with Crippen LogP contribution in [0.3, 0.4) is 0 Å². The van der Waals surface area contributed by atoms with Crippen LogP contribution in [0, 0.1) is 11.6 Å². The van der Waals surface area contributed by atoms with Crippen molar-refractivity contribution >= 4 is 17.5 Å². The van der Waals surface area contributed by atoms with Gasteiger partial charge in [-0.05, 0) is 18.1 Å². The van der Waals surface area contributed by atoms with Gasteiger partial charge in [-0.15, -0.1) is 0 Å². The van der Waals surface area contributed by atoms with Crippen LogP contribution in [0.2, 0.25) is 0 Å². The summed E-state index contributed by atoms with van der Waals surface area (Å²) >= 11 is 0. The van der Waals surface area contributed by atoms with Gasteiger partial charge in [-0.25, -0.2) is 14.2 Å². The molecule has 2 amide bonds. The molecule has 0 atom stereocenters. The molecule has 1 aromatic carbocycles. The second-order valence-electron chi connectivity index (χ2n) is 4.34. The molecule has 0 saturated carbocycles. The molecule has 5 nitrogen and oxygen atoms in total. The molecule has 0 saturated heterocycles. The first-order chi connectivity index (χ1) is 9.56. The maximum Gasteiger partial charge on any atom is 0.267 e. The molecule has 1 aliphatic rings. The van der Waals surface area contributed by atoms with Gasteiger partial charge >= 0.3 is 0 Å². The highest BCUT2D eigenvalue weighted by atomic mass is 19.1. The Morgan fingerprint density at radius 2 is 2.15 bits per heavy atom. The SMILES string of the molecule is O=C1CCC(C(=O)NCCc2ccc(F)cc2F)=NN1. The van der Waals surface area contributed by atoms with Gasteiger partial charge < -0.3 is 5.32 Å². The molecule has 0 unspecified atom stereocenters. The minimum Gasteiger partial charge on any atom is -0.351 e. The first kappa shape index (κ1) is 14.1. The van der Waals surface area contributed by atoms with E-state index < -0.39 is 17.5 Å². The van der Waals surface area contributed by atoms with Crippen molar-refractivity contribution in [2.24, 2.45) is 5.10 Å². The number of hydrogen-bond acceptors (Lipinski definition) is 3. The second kappa shape index (κ2) is 6.23. The van der Waals surface area contributed by atoms with Crippen LogP contribution in [0.15, 0.2) is 23.3 Å². The number of benzene rings is 1. The molecule has 2 N–H and O–H groups in total. The number of nitrogens with zero attached hydrogens (tertiary/aromatic N) is 1. The monoisotopic (exact) mass is 281 g/mol. The van der Waals surface area contributed by atoms with Gasteiger partial charge in [-0.2, -0.15) is 5.10 Å². The molecular weight excluding hydrogens is 268 g/mol. The Bertz CT molecular complexity index is 573. The second-order valence-corrected chi connectivity index (χ2v) is 4.34. The topological polar surface area (TPSA) is 70.6 Å². The van der Waals surface area contributed by atoms with Crippen molar-refractivity contribution in [3.05, 3.63) is 35.4 Å². The summed E-state index contributed by atoms with van der Waals surface area (Å²) in [6.07, 6.45) is 0.749. The minimum absolute atomic E-state index is 0.203. The lowest BCUT2D eigenvalue weighted by molar-refractivity contribution is -0.121. The fourth-order valence-corrected chi connectivity index (χ4v) is 1.78. The molecule has 0 spiro atoms. The van der Waals surface area contributed by atoms with E-state index >= 15 is 0 Å². The lowest BCUT2D eigenvalue weighted by Gasteiger charge is -2.12. The summed E-state index contributed by atoms with van der Waals surface area (Å²) in [5.74, 6) is -1.90. The van der Waals surface area contributed by atoms with Gasteiger partial charge in [0.2, 0.25) is 5.91 Å². The fraction of sp³-hybridized carbons (Fsp3) is 0.308. The van der Waals surface area contributed by atoms with E-state index in [1.54, 1.807) is 0 Å². The van der Waals surface area contributed by atoms with E-state index in [-0.39, 0.29) is 37.4 Å². The van der Waals surface area contributed by atoms with E-state index in [4.69, 9.17) is 0 Å². The molecule has 106 valence electrons. The Hall–Kier alpha value is -2.31. The Morgan fingerprint density at radius 3 is 2.80 bits per heavy atom. The number of carbonyl (C=O) groups is 2. The van der Waals surface area contributed by atoms with E-state index in [0.29, 0.717) is 5.56 Å². The van der Waals surface area contributed by atoms with Crippen LogP contribution in [0.25, 0.3) is 0 Å². The van der Waals surface area contributed by atoms with Gasteiger partial charge in [0, 0.05) is 25.5 Å². The molecule has 0 bridgehead atoms. The first-order valence-corrected chi connectivity index (χ1v) is 6.14. The smallest absolute Gasteiger partial charge is 0.267 e. The molecule has 0 fully saturated rings. The first-order valence-electron chi connectivity index (χ1n) is 6.14. The van der Waals surface area contributed by atoms with E-state index in [1.807, 2.05) is 0 Å². The summed E-state index contributed by atoms with van der Waals surface area (Å²) in [6.45, 7) is 0.203. The predicted octanol–water partition coefficient (Wildman–Crippen LogP) is 0.889. The summed E-state index contributed by atoms with van der Waals surface area (Å²) < 4.78 is 26.1. The molecule has 0 radical (unpaired) electrons. The van der Waals surface area contributed by atoms with Crippen molar-refractivity contribution < 1.29 is 18.4 Å². The lowest BCUT2D eigenvalue weighted by Crippen LogP contribution is -2.37. The zero-order valence-electron chi connectivity index (χ0n) is 10.6. The third-order valence-electron chi connectivity index (χ3n) is 2.86. The molecule has 20 heavy (non-hydrogen) atoms. The summed E-state index contributed by atoms with van der Waals surface area (Å²) in [5, 5.41) is 6.22. The highest BCUT2D eigenvalue weighted by Gasteiger charge is 2.17. The zero-order chi connectivity index (χ0) is 14.5. The molecule has 0 aromatic heterocycles. The average Bonchev–Trinajstić information content (AvgIpc) is 2.42. The van der Waals surface area contributed by atoms with Gasteiger partial charge in [0.1, 0.15) is 17.3 Å². The number of carbonyl (C=O) groups excluding carboxylic acids is 2. The summed E-state index contributed by atoms with van der Waals surface area (Å²) in [5.41, 5.74) is 2.79. The Morgan fingerprint density at radius 1 is 1.35 bits per heavy atom. The normalized spacial score (nSPS) is 14.5. The third kappa shape index (κ3) is 3.59. The van der Waals surface area contributed by atoms with Crippen molar-refractivity contribution in [3.8, 4) is 0 Å². The van der Waals surface area contributed by atoms with Crippen molar-refractivity contribution in [1.82, 2.24) is 10.7 Å². The maximum atomic E-state index is 13.3. The number of nitrogens with one attached hydrogen (secondary N) is 2. The Balaban J connectivity index is 1.84. The molecule has 1 heterocycles. The zero-order valence-corrected chi connectivity index (χ0v) is 10.6. The van der Waals surface area contributed by atoms with Crippen LogP contribution < -0.4 is 10.7 Å². The van der Waals surface area contributed by atoms with Crippen LogP contribution >= 0.6 is 0 Å². The quantitative estimate of drug-likeness (QED) is 0.860. The Labute approximate surface area is 114 Å². The minimum atomic E-state index is -0.637. The van der Waals surface area contributed by atoms with E-state index in [0.717, 1.165) is 6.07 Å². The highest BCUT2D eigenvalue weighted by Crippen LogP contribution is 2.09. The lowest BCUT2D eigenvalue weighted by atomic mass is 10.1. The van der Waals surface area contributed by atoms with Gasteiger partial charge in [-0.3, -0.25) is 9.59 Å². The molecular formula is C13H13F2N3O2. The molecule has 7 heteroatoms. The van der Waals surface area contributed by atoms with Crippen molar-refractivity contribution in [1.29, 1.82) is 0 Å². The number of halogens is 2. The van der Waals surface area contributed by atoms with Crippen LogP contribution in [0.5, 0.6) is 0 Å². The van der Waals surface area contributed by atoms with Crippen LogP contribution in [0.4, 0.5) is 8.78 Å². The number of rotatable bonds is 4. The predicted molar refractivity (Wildman–Crippen MR) is 67.9 cm³/mol. The molecule has 1 aromatic rings. The van der Waals surface area contributed by atoms with Crippen molar-refractivity contribution in [2.75, 3.05) is 6.54 Å². The van der Waals surface area contributed by atoms with Gasteiger partial charge in [0.25, 0.3) is 5.91 Å². The molecule has 0 aliphatic carbocycles. The summed E-state index contributed by atoms with van der Waals surface area (Å²) in [6, 6.07) is 3.31. The third-order valence-corrected chi connectivity index (χ3v) is 2.86. The Kier molecular flexibility index (Phi) is 4.39. The largest absolute Gasteiger partial charge is 0.351 e. The standard InChI is InChI=1S/C13H13F2N3O2/c14-9-2-1-8(10(15)7-9)5-6-16-13(20)11-3-4-12(19)18-17-11/h1-2,7H,3-6H2,(H,16,20)(H,18,19). The van der Waals surface area contributed by atoms with Gasteiger partial charge in [0.05, 0.1) is 0 Å². The van der Waals surface area contributed by atoms with E-state index in [9.17, 15) is 18.4 Å². The van der Waals surface area contributed by atoms with Crippen LogP contribution in [0.1, 0.15) is 18.4 Å². The van der Waals surface area contributed by atoms with Crippen LogP contribution in [-0.2, 0) is 16.0 Å². The van der Waals surface area contributed by atoms with E-state index in [2.05, 4.69) is 15.8 Å². The number of amides is 2. The fourth-order valence-electron chi connectivity index (χ4n) is 1.78. The summed E-state index contributed by atoms with van der Waals surface area (Å²) in [4.78, 5) is 22.6. The average molecular weight is 281 g/mol. The van der Waals surface area contributed by atoms with Gasteiger partial charge in [-0.1, -0.05) is 6.07 Å². The molecule has 2 rings (SSSR count). The maximum absolute atomic E-state index is 13.3. The summed E-state index contributed by atoms with van der Waals surface area (Å²) in [7, 11) is 0. The van der Waals surface area contributed by atoms with Crippen LogP contribution in [-0.4, -0.2) is 24.1 Å².